The van der Waals surface area contributed by atoms with E-state index in [4.69, 9.17) is 20.9 Å². The molecule has 2 heterocycles. The van der Waals surface area contributed by atoms with E-state index in [1.165, 1.54) is 28.6 Å². The number of ether oxygens (including phenoxy) is 1. The van der Waals surface area contributed by atoms with Crippen LogP contribution in [0.15, 0.2) is 45.8 Å². The number of carbonyl (C=O) groups is 1. The largest absolute Gasteiger partial charge is 0.452 e. The lowest BCUT2D eigenvalue weighted by molar-refractivity contribution is 0.0429. The molecule has 4 rings (SSSR count). The lowest BCUT2D eigenvalue weighted by Gasteiger charge is -2.16. The molecular weight excluding hydrogens is 461 g/mol. The fourth-order valence-electron chi connectivity index (χ4n) is 3.27. The first kappa shape index (κ1) is 22.4. The average Bonchev–Trinajstić information content (AvgIpc) is 3.47. The zero-order valence-corrected chi connectivity index (χ0v) is 18.6. The first-order valence-electron chi connectivity index (χ1n) is 9.81. The third-order valence-corrected chi connectivity index (χ3v) is 7.31. The Bertz CT molecular complexity index is 1270. The number of hydrogen-bond donors (Lipinski definition) is 0. The zero-order valence-electron chi connectivity index (χ0n) is 17.0. The number of nitrogens with zero attached hydrogens (tertiary/aromatic N) is 3. The molecule has 0 radical (unpaired) electrons. The van der Waals surface area contributed by atoms with E-state index in [1.807, 2.05) is 0 Å². The summed E-state index contributed by atoms with van der Waals surface area (Å²) in [7, 11) is -3.72. The smallest absolute Gasteiger partial charge is 0.340 e. The van der Waals surface area contributed by atoms with Gasteiger partial charge >= 0.3 is 5.97 Å². The first-order chi connectivity index (χ1) is 15.3. The molecule has 0 spiro atoms. The Balaban J connectivity index is 1.48. The Morgan fingerprint density at radius 2 is 1.97 bits per heavy atom. The molecule has 0 N–H and O–H groups in total. The lowest BCUT2D eigenvalue weighted by Crippen LogP contribution is -2.28. The third-order valence-electron chi connectivity index (χ3n) is 5.09. The van der Waals surface area contributed by atoms with Gasteiger partial charge in [-0.15, -0.1) is 0 Å². The van der Waals surface area contributed by atoms with E-state index in [2.05, 4.69) is 10.1 Å². The number of hydrogen-bond acceptors (Lipinski definition) is 7. The van der Waals surface area contributed by atoms with Gasteiger partial charge in [0.1, 0.15) is 5.82 Å². The summed E-state index contributed by atoms with van der Waals surface area (Å²) in [6, 6.07) is 8.42. The highest BCUT2D eigenvalue weighted by Gasteiger charge is 2.28. The van der Waals surface area contributed by atoms with Crippen molar-refractivity contribution in [1.29, 1.82) is 0 Å². The summed E-state index contributed by atoms with van der Waals surface area (Å²) in [6.07, 6.45) is 1.59. The van der Waals surface area contributed by atoms with Crippen LogP contribution >= 0.6 is 11.6 Å². The minimum atomic E-state index is -3.72. The second-order valence-corrected chi connectivity index (χ2v) is 9.65. The SMILES string of the molecule is Cc1ccc(-c2noc(COC(=O)c3cc(S(=O)(=O)N4CCCC4)ccc3Cl)n2)cc1F. The van der Waals surface area contributed by atoms with Crippen molar-refractivity contribution < 1.29 is 26.9 Å². The van der Waals surface area contributed by atoms with Gasteiger partial charge in [0.2, 0.25) is 15.8 Å². The van der Waals surface area contributed by atoms with Gasteiger partial charge in [-0.05, 0) is 49.6 Å². The highest BCUT2D eigenvalue weighted by atomic mass is 35.5. The molecule has 1 aliphatic heterocycles. The molecule has 2 aromatic carbocycles. The quantitative estimate of drug-likeness (QED) is 0.492. The van der Waals surface area contributed by atoms with Crippen LogP contribution in [-0.4, -0.2) is 41.9 Å². The van der Waals surface area contributed by atoms with Gasteiger partial charge in [0.15, 0.2) is 6.61 Å². The number of esters is 1. The molecule has 168 valence electrons. The molecule has 0 saturated carbocycles. The molecule has 8 nitrogen and oxygen atoms in total. The molecule has 0 amide bonds. The molecule has 0 unspecified atom stereocenters. The number of carbonyl (C=O) groups excluding carboxylic acids is 1. The second-order valence-electron chi connectivity index (χ2n) is 7.30. The van der Waals surface area contributed by atoms with E-state index in [0.717, 1.165) is 12.8 Å². The van der Waals surface area contributed by atoms with Crippen molar-refractivity contribution in [1.82, 2.24) is 14.4 Å². The van der Waals surface area contributed by atoms with E-state index in [9.17, 15) is 17.6 Å². The van der Waals surface area contributed by atoms with Crippen LogP contribution in [-0.2, 0) is 21.4 Å². The Hall–Kier alpha value is -2.82. The molecular formula is C21H19ClFN3O5S. The topological polar surface area (TPSA) is 103 Å². The molecule has 1 fully saturated rings. The second kappa shape index (κ2) is 8.97. The van der Waals surface area contributed by atoms with Crippen molar-refractivity contribution in [3.8, 4) is 11.4 Å². The minimum Gasteiger partial charge on any atom is -0.452 e. The highest BCUT2D eigenvalue weighted by molar-refractivity contribution is 7.89. The average molecular weight is 480 g/mol. The Morgan fingerprint density at radius 1 is 1.22 bits per heavy atom. The minimum absolute atomic E-state index is 0.00806. The molecule has 32 heavy (non-hydrogen) atoms. The summed E-state index contributed by atoms with van der Waals surface area (Å²) in [5.74, 6) is -1.11. The molecule has 3 aromatic rings. The number of aromatic nitrogens is 2. The summed E-state index contributed by atoms with van der Waals surface area (Å²) in [6.45, 7) is 2.15. The Kier molecular flexibility index (Phi) is 6.27. The predicted octanol–water partition coefficient (Wildman–Crippen LogP) is 3.98. The maximum absolute atomic E-state index is 13.8. The highest BCUT2D eigenvalue weighted by Crippen LogP contribution is 2.26. The zero-order chi connectivity index (χ0) is 22.9. The number of aryl methyl sites for hydroxylation is 1. The number of rotatable bonds is 6. The van der Waals surface area contributed by atoms with Gasteiger partial charge in [0.25, 0.3) is 5.89 Å². The first-order valence-corrected chi connectivity index (χ1v) is 11.6. The van der Waals surface area contributed by atoms with Crippen molar-refractivity contribution in [2.45, 2.75) is 31.3 Å². The summed E-state index contributed by atoms with van der Waals surface area (Å²) in [4.78, 5) is 16.6. The van der Waals surface area contributed by atoms with Crippen LogP contribution in [0, 0.1) is 12.7 Å². The molecule has 0 aliphatic carbocycles. The van der Waals surface area contributed by atoms with Gasteiger partial charge < -0.3 is 9.26 Å². The number of sulfonamides is 1. The summed E-state index contributed by atoms with van der Waals surface area (Å²) in [5, 5.41) is 3.81. The van der Waals surface area contributed by atoms with Crippen LogP contribution in [0.4, 0.5) is 4.39 Å². The van der Waals surface area contributed by atoms with E-state index < -0.39 is 21.8 Å². The van der Waals surface area contributed by atoms with E-state index in [0.29, 0.717) is 24.2 Å². The van der Waals surface area contributed by atoms with Crippen LogP contribution in [0.5, 0.6) is 0 Å². The Morgan fingerprint density at radius 3 is 2.69 bits per heavy atom. The third kappa shape index (κ3) is 4.52. The van der Waals surface area contributed by atoms with Crippen molar-refractivity contribution >= 4 is 27.6 Å². The van der Waals surface area contributed by atoms with Crippen LogP contribution in [0.1, 0.15) is 34.7 Å². The summed E-state index contributed by atoms with van der Waals surface area (Å²) >= 11 is 6.10. The molecule has 1 aliphatic rings. The van der Waals surface area contributed by atoms with Crippen molar-refractivity contribution in [2.24, 2.45) is 0 Å². The van der Waals surface area contributed by atoms with Crippen LogP contribution in [0.3, 0.4) is 0 Å². The van der Waals surface area contributed by atoms with Gasteiger partial charge in [-0.1, -0.05) is 28.9 Å². The fraction of sp³-hybridized carbons (Fsp3) is 0.286. The molecule has 1 aromatic heterocycles. The fourth-order valence-corrected chi connectivity index (χ4v) is 5.01. The maximum atomic E-state index is 13.8. The van der Waals surface area contributed by atoms with Gasteiger partial charge in [-0.25, -0.2) is 17.6 Å². The maximum Gasteiger partial charge on any atom is 0.340 e. The van der Waals surface area contributed by atoms with Crippen LogP contribution < -0.4 is 0 Å². The van der Waals surface area contributed by atoms with Crippen molar-refractivity contribution in [3.63, 3.8) is 0 Å². The molecule has 0 atom stereocenters. The number of halogens is 2. The molecule has 0 bridgehead atoms. The van der Waals surface area contributed by atoms with Gasteiger partial charge in [0, 0.05) is 18.7 Å². The van der Waals surface area contributed by atoms with Crippen molar-refractivity contribution in [2.75, 3.05) is 13.1 Å². The van der Waals surface area contributed by atoms with Crippen LogP contribution in [0.2, 0.25) is 5.02 Å². The normalized spacial score (nSPS) is 14.6. The van der Waals surface area contributed by atoms with Crippen molar-refractivity contribution in [3.05, 3.63) is 64.3 Å². The van der Waals surface area contributed by atoms with Crippen LogP contribution in [0.25, 0.3) is 11.4 Å². The Labute approximate surface area is 189 Å². The summed E-state index contributed by atoms with van der Waals surface area (Å²) < 4.78 is 50.9. The van der Waals surface area contributed by atoms with Gasteiger partial charge in [0.05, 0.1) is 15.5 Å². The summed E-state index contributed by atoms with van der Waals surface area (Å²) in [5.41, 5.74) is 0.807. The van der Waals surface area contributed by atoms with E-state index in [1.54, 1.807) is 19.1 Å². The number of benzene rings is 2. The monoisotopic (exact) mass is 479 g/mol. The van der Waals surface area contributed by atoms with E-state index >= 15 is 0 Å². The van der Waals surface area contributed by atoms with Gasteiger partial charge in [-0.3, -0.25) is 0 Å². The molecule has 1 saturated heterocycles. The van der Waals surface area contributed by atoms with Gasteiger partial charge in [-0.2, -0.15) is 9.29 Å². The standard InChI is InChI=1S/C21H19ClFN3O5S/c1-13-4-5-14(10-18(13)23)20-24-19(31-25-20)12-30-21(27)16-11-15(6-7-17(16)22)32(28,29)26-8-2-3-9-26/h4-7,10-11H,2-3,8-9,12H2,1H3. The predicted molar refractivity (Wildman–Crippen MR) is 113 cm³/mol. The lowest BCUT2D eigenvalue weighted by atomic mass is 10.1. The van der Waals surface area contributed by atoms with E-state index in [-0.39, 0.29) is 33.8 Å². The molecule has 11 heteroatoms.